The molecule has 6 nitrogen and oxygen atoms in total. The monoisotopic (exact) mass is 413 g/mol. The number of carbonyl (C=O) groups is 1. The number of aryl methyl sites for hydroxylation is 1. The van der Waals surface area contributed by atoms with Gasteiger partial charge in [0.25, 0.3) is 5.56 Å². The van der Waals surface area contributed by atoms with Gasteiger partial charge in [0, 0.05) is 18.7 Å². The van der Waals surface area contributed by atoms with Crippen LogP contribution in [0, 0.1) is 0 Å². The van der Waals surface area contributed by atoms with Crippen molar-refractivity contribution >= 4 is 22.6 Å². The highest BCUT2D eigenvalue weighted by Gasteiger charge is 2.15. The summed E-state index contributed by atoms with van der Waals surface area (Å²) in [5, 5.41) is 12.9. The third-order valence-corrected chi connectivity index (χ3v) is 5.14. The van der Waals surface area contributed by atoms with Gasteiger partial charge in [-0.2, -0.15) is 0 Å². The van der Waals surface area contributed by atoms with Gasteiger partial charge in [-0.25, -0.2) is 9.78 Å². The zero-order valence-electron chi connectivity index (χ0n) is 17.2. The predicted molar refractivity (Wildman–Crippen MR) is 122 cm³/mol. The van der Waals surface area contributed by atoms with E-state index in [0.717, 1.165) is 23.5 Å². The van der Waals surface area contributed by atoms with Gasteiger partial charge in [-0.15, -0.1) is 0 Å². The first-order valence-electron chi connectivity index (χ1n) is 10.2. The second-order valence-corrected chi connectivity index (χ2v) is 7.31. The van der Waals surface area contributed by atoms with Crippen LogP contribution >= 0.6 is 0 Å². The van der Waals surface area contributed by atoms with Crippen molar-refractivity contribution in [2.75, 3.05) is 5.32 Å². The van der Waals surface area contributed by atoms with Crippen LogP contribution < -0.4 is 10.9 Å². The zero-order chi connectivity index (χ0) is 21.8. The Bertz CT molecular complexity index is 1280. The molecule has 1 aromatic heterocycles. The lowest BCUT2D eigenvalue weighted by atomic mass is 10.1. The number of para-hydroxylation sites is 1. The summed E-state index contributed by atoms with van der Waals surface area (Å²) < 4.78 is 1.69. The number of anilines is 1. The fourth-order valence-electron chi connectivity index (χ4n) is 3.62. The van der Waals surface area contributed by atoms with E-state index in [-0.39, 0.29) is 11.1 Å². The molecule has 3 aromatic carbocycles. The van der Waals surface area contributed by atoms with Crippen molar-refractivity contribution in [3.05, 3.63) is 100 Å². The molecule has 0 atom stereocenters. The summed E-state index contributed by atoms with van der Waals surface area (Å²) in [6.07, 6.45) is 1.59. The number of hydrogen-bond donors (Lipinski definition) is 2. The third kappa shape index (κ3) is 4.19. The van der Waals surface area contributed by atoms with E-state index in [4.69, 9.17) is 10.1 Å². The molecule has 0 fully saturated rings. The molecule has 0 aliphatic carbocycles. The van der Waals surface area contributed by atoms with Gasteiger partial charge in [0.1, 0.15) is 5.82 Å². The number of carboxylic acid groups (broad SMARTS) is 1. The Hall–Kier alpha value is -3.93. The van der Waals surface area contributed by atoms with Crippen LogP contribution in [0.5, 0.6) is 0 Å². The first-order chi connectivity index (χ1) is 15.1. The standard InChI is InChI=1S/C25H23N3O3/c1-2-7-22-27-21-11-6-10-20(26-16-17-12-14-18(15-13-17)25(30)31)23(21)24(29)28(22)19-8-4-3-5-9-19/h3-6,8-15,26H,2,7,16H2,1H3,(H,30,31). The fourth-order valence-corrected chi connectivity index (χ4v) is 3.62. The molecule has 0 amide bonds. The summed E-state index contributed by atoms with van der Waals surface area (Å²) in [6.45, 7) is 2.53. The lowest BCUT2D eigenvalue weighted by Gasteiger charge is -2.15. The molecular formula is C25H23N3O3. The minimum Gasteiger partial charge on any atom is -0.478 e. The van der Waals surface area contributed by atoms with Crippen molar-refractivity contribution in [1.29, 1.82) is 0 Å². The molecule has 2 N–H and O–H groups in total. The number of nitrogens with one attached hydrogen (secondary N) is 1. The maximum Gasteiger partial charge on any atom is 0.335 e. The summed E-state index contributed by atoms with van der Waals surface area (Å²) in [5.74, 6) is -0.211. The number of hydrogen-bond acceptors (Lipinski definition) is 4. The van der Waals surface area contributed by atoms with Crippen molar-refractivity contribution in [2.45, 2.75) is 26.3 Å². The van der Waals surface area contributed by atoms with Gasteiger partial charge in [0.15, 0.2) is 0 Å². The van der Waals surface area contributed by atoms with E-state index in [2.05, 4.69) is 12.2 Å². The average Bonchev–Trinajstić information content (AvgIpc) is 2.78. The van der Waals surface area contributed by atoms with Gasteiger partial charge < -0.3 is 10.4 Å². The molecule has 0 aliphatic rings. The van der Waals surface area contributed by atoms with Gasteiger partial charge in [-0.05, 0) is 48.4 Å². The largest absolute Gasteiger partial charge is 0.478 e. The smallest absolute Gasteiger partial charge is 0.335 e. The van der Waals surface area contributed by atoms with Gasteiger partial charge in [0.05, 0.1) is 22.2 Å². The number of carboxylic acids is 1. The Morgan fingerprint density at radius 1 is 1.00 bits per heavy atom. The molecule has 31 heavy (non-hydrogen) atoms. The first-order valence-corrected chi connectivity index (χ1v) is 10.2. The number of aromatic carboxylic acids is 1. The Morgan fingerprint density at radius 3 is 2.42 bits per heavy atom. The number of rotatable bonds is 7. The molecule has 6 heteroatoms. The zero-order valence-corrected chi connectivity index (χ0v) is 17.2. The summed E-state index contributed by atoms with van der Waals surface area (Å²) in [5.41, 5.74) is 3.21. The van der Waals surface area contributed by atoms with Crippen molar-refractivity contribution in [1.82, 2.24) is 9.55 Å². The fraction of sp³-hybridized carbons (Fsp3) is 0.160. The highest BCUT2D eigenvalue weighted by Crippen LogP contribution is 2.22. The molecule has 0 bridgehead atoms. The summed E-state index contributed by atoms with van der Waals surface area (Å²) in [7, 11) is 0. The topological polar surface area (TPSA) is 84.2 Å². The van der Waals surface area contributed by atoms with Gasteiger partial charge >= 0.3 is 5.97 Å². The van der Waals surface area contributed by atoms with E-state index >= 15 is 0 Å². The molecule has 0 spiro atoms. The van der Waals surface area contributed by atoms with Crippen LogP contribution in [0.3, 0.4) is 0 Å². The molecule has 0 unspecified atom stereocenters. The minimum absolute atomic E-state index is 0.107. The van der Waals surface area contributed by atoms with Crippen LogP contribution in [0.25, 0.3) is 16.6 Å². The van der Waals surface area contributed by atoms with E-state index in [1.54, 1.807) is 28.8 Å². The van der Waals surface area contributed by atoms with E-state index in [0.29, 0.717) is 29.6 Å². The second kappa shape index (κ2) is 8.83. The van der Waals surface area contributed by atoms with Crippen LogP contribution in [0.2, 0.25) is 0 Å². The highest BCUT2D eigenvalue weighted by atomic mass is 16.4. The van der Waals surface area contributed by atoms with Crippen LogP contribution in [-0.2, 0) is 13.0 Å². The maximum absolute atomic E-state index is 13.6. The number of aromatic nitrogens is 2. The highest BCUT2D eigenvalue weighted by molar-refractivity contribution is 5.91. The molecule has 4 aromatic rings. The molecule has 0 saturated carbocycles. The van der Waals surface area contributed by atoms with E-state index in [9.17, 15) is 9.59 Å². The molecule has 0 radical (unpaired) electrons. The Labute approximate surface area is 179 Å². The third-order valence-electron chi connectivity index (χ3n) is 5.14. The molecular weight excluding hydrogens is 390 g/mol. The van der Waals surface area contributed by atoms with Gasteiger partial charge in [-0.1, -0.05) is 43.3 Å². The predicted octanol–water partition coefficient (Wildman–Crippen LogP) is 4.65. The van der Waals surface area contributed by atoms with Crippen LogP contribution in [0.15, 0.2) is 77.6 Å². The lowest BCUT2D eigenvalue weighted by Crippen LogP contribution is -2.24. The van der Waals surface area contributed by atoms with E-state index in [1.165, 1.54) is 0 Å². The van der Waals surface area contributed by atoms with E-state index in [1.807, 2.05) is 48.5 Å². The van der Waals surface area contributed by atoms with E-state index < -0.39 is 5.97 Å². The molecule has 0 saturated heterocycles. The lowest BCUT2D eigenvalue weighted by molar-refractivity contribution is 0.0697. The van der Waals surface area contributed by atoms with Crippen LogP contribution in [-0.4, -0.2) is 20.6 Å². The van der Waals surface area contributed by atoms with Crippen molar-refractivity contribution < 1.29 is 9.90 Å². The summed E-state index contributed by atoms with van der Waals surface area (Å²) in [6, 6.07) is 21.8. The van der Waals surface area contributed by atoms with Crippen LogP contribution in [0.1, 0.15) is 35.1 Å². The van der Waals surface area contributed by atoms with Gasteiger partial charge in [-0.3, -0.25) is 9.36 Å². The normalized spacial score (nSPS) is 10.9. The number of fused-ring (bicyclic) bond motifs is 1. The minimum atomic E-state index is -0.955. The molecule has 0 aliphatic heterocycles. The number of benzene rings is 3. The second-order valence-electron chi connectivity index (χ2n) is 7.31. The van der Waals surface area contributed by atoms with Crippen molar-refractivity contribution in [3.63, 3.8) is 0 Å². The Balaban J connectivity index is 1.76. The Morgan fingerprint density at radius 2 is 1.74 bits per heavy atom. The maximum atomic E-state index is 13.6. The first kappa shape index (κ1) is 20.3. The van der Waals surface area contributed by atoms with Gasteiger partial charge in [0.2, 0.25) is 0 Å². The molecule has 4 rings (SSSR count). The molecule has 156 valence electrons. The molecule has 1 heterocycles. The average molecular weight is 413 g/mol. The summed E-state index contributed by atoms with van der Waals surface area (Å²) >= 11 is 0. The van der Waals surface area contributed by atoms with Crippen LogP contribution in [0.4, 0.5) is 5.69 Å². The summed E-state index contributed by atoms with van der Waals surface area (Å²) in [4.78, 5) is 29.4. The SMILES string of the molecule is CCCc1nc2cccc(NCc3ccc(C(=O)O)cc3)c2c(=O)n1-c1ccccc1. The van der Waals surface area contributed by atoms with Crippen molar-refractivity contribution in [3.8, 4) is 5.69 Å². The quantitative estimate of drug-likeness (QED) is 0.461. The Kier molecular flexibility index (Phi) is 5.80. The number of nitrogens with zero attached hydrogens (tertiary/aromatic N) is 2. The van der Waals surface area contributed by atoms with Crippen molar-refractivity contribution in [2.24, 2.45) is 0 Å².